The number of carboxylic acid groups (broad SMARTS) is 1. The molecule has 0 spiro atoms. The second kappa shape index (κ2) is 8.19. The number of ether oxygens (including phenoxy) is 1. The summed E-state index contributed by atoms with van der Waals surface area (Å²) in [6, 6.07) is 11.2. The molecule has 2 aromatic carbocycles. The van der Waals surface area contributed by atoms with Crippen LogP contribution >= 0.6 is 0 Å². The molecule has 6 heteroatoms. The van der Waals surface area contributed by atoms with E-state index >= 15 is 0 Å². The third kappa shape index (κ3) is 4.73. The number of nitrogens with one attached hydrogen (secondary N) is 1. The highest BCUT2D eigenvalue weighted by Crippen LogP contribution is 2.28. The average Bonchev–Trinajstić information content (AvgIpc) is 2.61. The third-order valence-corrected chi connectivity index (χ3v) is 3.93. The fraction of sp³-hybridized carbons (Fsp3) is 0.263. The van der Waals surface area contributed by atoms with Crippen LogP contribution < -0.4 is 10.1 Å². The fourth-order valence-electron chi connectivity index (χ4n) is 2.39. The van der Waals surface area contributed by atoms with Crippen LogP contribution in [-0.2, 0) is 4.79 Å². The Morgan fingerprint density at radius 1 is 1.20 bits per heavy atom. The average molecular weight is 343 g/mol. The zero-order chi connectivity index (χ0) is 18.4. The Morgan fingerprint density at radius 2 is 1.92 bits per heavy atom. The van der Waals surface area contributed by atoms with E-state index in [1.54, 1.807) is 6.07 Å². The Balaban J connectivity index is 2.07. The van der Waals surface area contributed by atoms with Crippen LogP contribution in [0.25, 0.3) is 0 Å². The van der Waals surface area contributed by atoms with E-state index in [2.05, 4.69) is 19.2 Å². The molecular weight excluding hydrogens is 322 g/mol. The molecule has 0 aliphatic rings. The summed E-state index contributed by atoms with van der Waals surface area (Å²) in [6.45, 7) is 3.91. The molecule has 0 radical (unpaired) electrons. The maximum atomic E-state index is 12.1. The summed E-state index contributed by atoms with van der Waals surface area (Å²) in [4.78, 5) is 23.3. The first-order valence-electron chi connectivity index (χ1n) is 8.00. The molecule has 0 bridgehead atoms. The number of carbonyl (C=O) groups is 2. The third-order valence-electron chi connectivity index (χ3n) is 3.93. The highest BCUT2D eigenvalue weighted by atomic mass is 16.5. The van der Waals surface area contributed by atoms with Crippen molar-refractivity contribution in [3.8, 4) is 11.5 Å². The van der Waals surface area contributed by atoms with Crippen molar-refractivity contribution < 1.29 is 24.5 Å². The van der Waals surface area contributed by atoms with Crippen LogP contribution in [-0.4, -0.2) is 28.7 Å². The van der Waals surface area contributed by atoms with Crippen molar-refractivity contribution >= 4 is 17.6 Å². The lowest BCUT2D eigenvalue weighted by molar-refractivity contribution is -0.118. The lowest BCUT2D eigenvalue weighted by Gasteiger charge is -2.15. The Labute approximate surface area is 146 Å². The summed E-state index contributed by atoms with van der Waals surface area (Å²) in [5, 5.41) is 21.0. The lowest BCUT2D eigenvalue weighted by atomic mass is 9.98. The first-order valence-corrected chi connectivity index (χ1v) is 8.00. The van der Waals surface area contributed by atoms with Gasteiger partial charge in [0.15, 0.2) is 6.61 Å². The molecule has 0 aliphatic heterocycles. The van der Waals surface area contributed by atoms with Crippen LogP contribution in [0.1, 0.15) is 42.1 Å². The van der Waals surface area contributed by atoms with Crippen molar-refractivity contribution in [2.75, 3.05) is 11.9 Å². The van der Waals surface area contributed by atoms with Crippen molar-refractivity contribution in [2.24, 2.45) is 0 Å². The van der Waals surface area contributed by atoms with E-state index < -0.39 is 11.9 Å². The number of phenolic OH excluding ortho intramolecular Hbond substituents is 1. The SMILES string of the molecule is CCC(C)c1ccccc1OCC(=O)Nc1ccc(O)cc1C(=O)O. The smallest absolute Gasteiger partial charge is 0.337 e. The molecule has 3 N–H and O–H groups in total. The van der Waals surface area contributed by atoms with E-state index in [0.717, 1.165) is 18.1 Å². The highest BCUT2D eigenvalue weighted by Gasteiger charge is 2.15. The summed E-state index contributed by atoms with van der Waals surface area (Å²) in [5.41, 5.74) is 0.941. The quantitative estimate of drug-likeness (QED) is 0.667. The number of amides is 1. The van der Waals surface area contributed by atoms with Crippen LogP contribution in [0.5, 0.6) is 11.5 Å². The molecule has 1 amide bonds. The van der Waals surface area contributed by atoms with Gasteiger partial charge < -0.3 is 20.3 Å². The minimum Gasteiger partial charge on any atom is -0.508 e. The molecular formula is C19H21NO5. The molecule has 2 rings (SSSR count). The molecule has 0 aromatic heterocycles. The monoisotopic (exact) mass is 343 g/mol. The summed E-state index contributed by atoms with van der Waals surface area (Å²) >= 11 is 0. The second-order valence-electron chi connectivity index (χ2n) is 5.72. The maximum Gasteiger partial charge on any atom is 0.337 e. The van der Waals surface area contributed by atoms with Crippen molar-refractivity contribution in [1.29, 1.82) is 0 Å². The number of benzene rings is 2. The van der Waals surface area contributed by atoms with E-state index in [1.807, 2.05) is 18.2 Å². The van der Waals surface area contributed by atoms with Gasteiger partial charge in [-0.25, -0.2) is 4.79 Å². The number of carboxylic acids is 1. The highest BCUT2D eigenvalue weighted by molar-refractivity contribution is 6.01. The minimum absolute atomic E-state index is 0.106. The molecule has 1 atom stereocenters. The normalized spacial score (nSPS) is 11.6. The maximum absolute atomic E-state index is 12.1. The number of anilines is 1. The number of hydrogen-bond acceptors (Lipinski definition) is 4. The van der Waals surface area contributed by atoms with Crippen LogP contribution in [0.15, 0.2) is 42.5 Å². The van der Waals surface area contributed by atoms with Gasteiger partial charge in [0.25, 0.3) is 5.91 Å². The summed E-state index contributed by atoms with van der Waals surface area (Å²) in [6.07, 6.45) is 0.946. The lowest BCUT2D eigenvalue weighted by Crippen LogP contribution is -2.22. The molecule has 0 heterocycles. The van der Waals surface area contributed by atoms with Gasteiger partial charge in [0, 0.05) is 0 Å². The number of para-hydroxylation sites is 1. The van der Waals surface area contributed by atoms with Gasteiger partial charge >= 0.3 is 5.97 Å². The summed E-state index contributed by atoms with van der Waals surface area (Å²) in [7, 11) is 0. The van der Waals surface area contributed by atoms with Crippen molar-refractivity contribution in [2.45, 2.75) is 26.2 Å². The standard InChI is InChI=1S/C19H21NO5/c1-3-12(2)14-6-4-5-7-17(14)25-11-18(22)20-16-9-8-13(21)10-15(16)19(23)24/h4-10,12,21H,3,11H2,1-2H3,(H,20,22)(H,23,24). The van der Waals surface area contributed by atoms with Gasteiger partial charge in [-0.05, 0) is 42.2 Å². The Bertz CT molecular complexity index is 772. The van der Waals surface area contributed by atoms with E-state index in [9.17, 15) is 14.7 Å². The summed E-state index contributed by atoms with van der Waals surface area (Å²) in [5.74, 6) is -0.971. The zero-order valence-electron chi connectivity index (χ0n) is 14.2. The molecule has 0 fully saturated rings. The van der Waals surface area contributed by atoms with Crippen molar-refractivity contribution in [3.63, 3.8) is 0 Å². The molecule has 1 unspecified atom stereocenters. The van der Waals surface area contributed by atoms with Gasteiger partial charge in [-0.2, -0.15) is 0 Å². The molecule has 2 aromatic rings. The number of aromatic hydroxyl groups is 1. The van der Waals surface area contributed by atoms with Crippen LogP contribution in [0.2, 0.25) is 0 Å². The second-order valence-corrected chi connectivity index (χ2v) is 5.72. The van der Waals surface area contributed by atoms with Crippen LogP contribution in [0.4, 0.5) is 5.69 Å². The Kier molecular flexibility index (Phi) is 6.00. The Morgan fingerprint density at radius 3 is 2.60 bits per heavy atom. The molecule has 0 saturated heterocycles. The predicted molar refractivity (Wildman–Crippen MR) is 94.3 cm³/mol. The molecule has 132 valence electrons. The Hall–Kier alpha value is -3.02. The number of aromatic carboxylic acids is 1. The topological polar surface area (TPSA) is 95.9 Å². The number of phenols is 1. The minimum atomic E-state index is -1.24. The first-order chi connectivity index (χ1) is 11.9. The number of carbonyl (C=O) groups excluding carboxylic acids is 1. The fourth-order valence-corrected chi connectivity index (χ4v) is 2.39. The number of hydrogen-bond donors (Lipinski definition) is 3. The van der Waals surface area contributed by atoms with Gasteiger partial charge in [-0.3, -0.25) is 4.79 Å². The van der Waals surface area contributed by atoms with Crippen LogP contribution in [0.3, 0.4) is 0 Å². The van der Waals surface area contributed by atoms with E-state index in [4.69, 9.17) is 9.84 Å². The van der Waals surface area contributed by atoms with Gasteiger partial charge in [0.2, 0.25) is 0 Å². The molecule has 0 aliphatic carbocycles. The van der Waals surface area contributed by atoms with Gasteiger partial charge in [0.1, 0.15) is 11.5 Å². The summed E-state index contributed by atoms with van der Waals surface area (Å²) < 4.78 is 5.61. The first kappa shape index (κ1) is 18.3. The van der Waals surface area contributed by atoms with Crippen LogP contribution in [0, 0.1) is 0 Å². The van der Waals surface area contributed by atoms with Crippen molar-refractivity contribution in [1.82, 2.24) is 0 Å². The van der Waals surface area contributed by atoms with E-state index in [0.29, 0.717) is 11.7 Å². The van der Waals surface area contributed by atoms with Crippen molar-refractivity contribution in [3.05, 3.63) is 53.6 Å². The van der Waals surface area contributed by atoms with Gasteiger partial charge in [-0.1, -0.05) is 32.0 Å². The van der Waals surface area contributed by atoms with E-state index in [1.165, 1.54) is 12.1 Å². The predicted octanol–water partition coefficient (Wildman–Crippen LogP) is 3.62. The zero-order valence-corrected chi connectivity index (χ0v) is 14.2. The number of rotatable bonds is 7. The largest absolute Gasteiger partial charge is 0.508 e. The molecule has 6 nitrogen and oxygen atoms in total. The van der Waals surface area contributed by atoms with Gasteiger partial charge in [0.05, 0.1) is 11.3 Å². The molecule has 25 heavy (non-hydrogen) atoms. The van der Waals surface area contributed by atoms with Gasteiger partial charge in [-0.15, -0.1) is 0 Å². The van der Waals surface area contributed by atoms with E-state index in [-0.39, 0.29) is 23.6 Å². The molecule has 0 saturated carbocycles.